The number of nitrogens with zero attached hydrogens (tertiary/aromatic N) is 1. The van der Waals surface area contributed by atoms with Gasteiger partial charge in [-0.05, 0) is 19.1 Å². The quantitative estimate of drug-likeness (QED) is 0.352. The average Bonchev–Trinajstić information content (AvgIpc) is 2.75. The third-order valence-corrected chi connectivity index (χ3v) is 5.58. The van der Waals surface area contributed by atoms with Gasteiger partial charge in [0.05, 0.1) is 10.9 Å². The lowest BCUT2D eigenvalue weighted by atomic mass is 9.85. The second-order valence-electron chi connectivity index (χ2n) is 6.01. The molecule has 0 aliphatic carbocycles. The molecule has 4 nitrogen and oxygen atoms in total. The van der Waals surface area contributed by atoms with E-state index in [-0.39, 0.29) is 23.5 Å². The molecular weight excluding hydrogens is 297 g/mol. The Bertz CT molecular complexity index is 416. The van der Waals surface area contributed by atoms with Gasteiger partial charge in [-0.2, -0.15) is 0 Å². The van der Waals surface area contributed by atoms with Crippen molar-refractivity contribution in [3.05, 3.63) is 0 Å². The van der Waals surface area contributed by atoms with E-state index in [0.29, 0.717) is 0 Å². The number of imide groups is 1. The summed E-state index contributed by atoms with van der Waals surface area (Å²) < 4.78 is 0. The maximum Gasteiger partial charge on any atom is 0.243 e. The minimum atomic E-state index is -0.523. The molecule has 1 saturated heterocycles. The number of rotatable bonds is 10. The van der Waals surface area contributed by atoms with Crippen LogP contribution in [0.3, 0.4) is 0 Å². The first-order valence-corrected chi connectivity index (χ1v) is 9.21. The van der Waals surface area contributed by atoms with Crippen molar-refractivity contribution in [1.29, 1.82) is 0 Å². The van der Waals surface area contributed by atoms with E-state index in [1.807, 2.05) is 0 Å². The Hall–Kier alpha value is -0.775. The van der Waals surface area contributed by atoms with Crippen LogP contribution in [0.1, 0.15) is 59.3 Å². The highest BCUT2D eigenvalue weighted by molar-refractivity contribution is 8.00. The fourth-order valence-corrected chi connectivity index (χ4v) is 3.74. The first kappa shape index (κ1) is 19.3. The van der Waals surface area contributed by atoms with E-state index >= 15 is 0 Å². The average molecular weight is 323 g/mol. The Kier molecular flexibility index (Phi) is 8.22. The van der Waals surface area contributed by atoms with Gasteiger partial charge in [0.25, 0.3) is 0 Å². The number of thioether (sulfide) groups is 1. The molecule has 0 bridgehead atoms. The van der Waals surface area contributed by atoms with E-state index < -0.39 is 17.6 Å². The van der Waals surface area contributed by atoms with E-state index in [1.165, 1.54) is 30.6 Å². The largest absolute Gasteiger partial charge is 0.312 e. The lowest BCUT2D eigenvalue weighted by Crippen LogP contribution is -2.44. The molecular formula is C16H26BNO3S. The Morgan fingerprint density at radius 2 is 1.91 bits per heavy atom. The van der Waals surface area contributed by atoms with Gasteiger partial charge < -0.3 is 4.79 Å². The number of carbonyl (C=O) groups is 3. The molecule has 0 aromatic heterocycles. The second kappa shape index (κ2) is 9.38. The number of hydrogen-bond donors (Lipinski definition) is 0. The molecule has 1 aliphatic rings. The van der Waals surface area contributed by atoms with Crippen molar-refractivity contribution in [1.82, 2.24) is 4.90 Å². The predicted octanol–water partition coefficient (Wildman–Crippen LogP) is 2.54. The van der Waals surface area contributed by atoms with Crippen LogP contribution < -0.4 is 0 Å². The molecule has 2 amide bonds. The third kappa shape index (κ3) is 5.15. The van der Waals surface area contributed by atoms with Crippen molar-refractivity contribution in [2.24, 2.45) is 5.92 Å². The molecule has 0 aromatic carbocycles. The molecule has 2 radical (unpaired) electrons. The third-order valence-electron chi connectivity index (χ3n) is 4.29. The monoisotopic (exact) mass is 323 g/mol. The van der Waals surface area contributed by atoms with Gasteiger partial charge in [-0.25, -0.2) is 0 Å². The highest BCUT2D eigenvalue weighted by Crippen LogP contribution is 2.29. The van der Waals surface area contributed by atoms with Crippen molar-refractivity contribution >= 4 is 37.1 Å². The Balaban J connectivity index is 2.45. The summed E-state index contributed by atoms with van der Waals surface area (Å²) >= 11 is 1.57. The summed E-state index contributed by atoms with van der Waals surface area (Å²) in [4.78, 5) is 37.0. The summed E-state index contributed by atoms with van der Waals surface area (Å²) in [5.41, 5.74) is -0.486. The molecule has 1 aliphatic heterocycles. The van der Waals surface area contributed by atoms with E-state index in [0.717, 1.165) is 12.2 Å². The molecule has 1 rings (SSSR count). The van der Waals surface area contributed by atoms with E-state index in [1.54, 1.807) is 25.6 Å². The van der Waals surface area contributed by atoms with Gasteiger partial charge >= 0.3 is 0 Å². The standard InChI is InChI=1S/C16H26BNO3S/c1-4-5-6-7-8-9-22-13-10-14(19)18(16(13)21)12(3)11(2)15(17)20/h11-13H,4-10H2,1-3H3. The number of hydrogen-bond acceptors (Lipinski definition) is 4. The molecule has 6 heteroatoms. The van der Waals surface area contributed by atoms with Gasteiger partial charge in [0, 0.05) is 18.4 Å². The summed E-state index contributed by atoms with van der Waals surface area (Å²) in [6.45, 7) is 5.55. The lowest BCUT2D eigenvalue weighted by Gasteiger charge is -2.27. The first-order valence-electron chi connectivity index (χ1n) is 8.17. The van der Waals surface area contributed by atoms with Crippen LogP contribution in [-0.2, 0) is 14.4 Å². The maximum absolute atomic E-state index is 12.4. The van der Waals surface area contributed by atoms with Gasteiger partial charge in [-0.15, -0.1) is 11.8 Å². The fraction of sp³-hybridized carbons (Fsp3) is 0.812. The van der Waals surface area contributed by atoms with E-state index in [4.69, 9.17) is 7.85 Å². The zero-order chi connectivity index (χ0) is 16.7. The number of likely N-dealkylation sites (tertiary alicyclic amines) is 1. The van der Waals surface area contributed by atoms with Crippen LogP contribution in [0.2, 0.25) is 0 Å². The zero-order valence-corrected chi connectivity index (χ0v) is 14.7. The van der Waals surface area contributed by atoms with Crippen LogP contribution in [0.4, 0.5) is 0 Å². The Morgan fingerprint density at radius 3 is 2.50 bits per heavy atom. The molecule has 3 unspecified atom stereocenters. The van der Waals surface area contributed by atoms with Crippen molar-refractivity contribution in [3.63, 3.8) is 0 Å². The van der Waals surface area contributed by atoms with Crippen LogP contribution in [-0.4, -0.2) is 47.3 Å². The Labute approximate surface area is 139 Å². The highest BCUT2D eigenvalue weighted by Gasteiger charge is 2.42. The smallest absolute Gasteiger partial charge is 0.243 e. The minimum absolute atomic E-state index is 0.163. The van der Waals surface area contributed by atoms with Gasteiger partial charge in [0.15, 0.2) is 7.85 Å². The van der Waals surface area contributed by atoms with Crippen molar-refractivity contribution in [2.45, 2.75) is 70.6 Å². The van der Waals surface area contributed by atoms with Crippen LogP contribution in [0, 0.1) is 5.92 Å². The van der Waals surface area contributed by atoms with Gasteiger partial charge in [-0.1, -0.05) is 39.5 Å². The van der Waals surface area contributed by atoms with E-state index in [9.17, 15) is 14.4 Å². The summed E-state index contributed by atoms with van der Waals surface area (Å²) in [6, 6.07) is -0.465. The topological polar surface area (TPSA) is 54.5 Å². The predicted molar refractivity (Wildman–Crippen MR) is 90.9 cm³/mol. The van der Waals surface area contributed by atoms with Crippen molar-refractivity contribution in [2.75, 3.05) is 5.75 Å². The summed E-state index contributed by atoms with van der Waals surface area (Å²) in [7, 11) is 5.27. The summed E-state index contributed by atoms with van der Waals surface area (Å²) in [5.74, 6) is 0.0324. The Morgan fingerprint density at radius 1 is 1.27 bits per heavy atom. The molecule has 3 atom stereocenters. The fourth-order valence-electron chi connectivity index (χ4n) is 2.57. The zero-order valence-electron chi connectivity index (χ0n) is 13.8. The molecule has 122 valence electrons. The second-order valence-corrected chi connectivity index (χ2v) is 7.32. The molecule has 22 heavy (non-hydrogen) atoms. The summed E-state index contributed by atoms with van der Waals surface area (Å²) in [6.07, 6.45) is 6.20. The lowest BCUT2D eigenvalue weighted by molar-refractivity contribution is -0.142. The van der Waals surface area contributed by atoms with Crippen molar-refractivity contribution < 1.29 is 14.4 Å². The normalized spacial score (nSPS) is 21.2. The molecule has 0 saturated carbocycles. The van der Waals surface area contributed by atoms with Crippen LogP contribution in [0.5, 0.6) is 0 Å². The minimum Gasteiger partial charge on any atom is -0.312 e. The molecule has 1 heterocycles. The number of unbranched alkanes of at least 4 members (excludes halogenated alkanes) is 4. The SMILES string of the molecule is [B]C(=O)C(C)C(C)N1C(=O)CC(SCCCCCCC)C1=O. The van der Waals surface area contributed by atoms with Gasteiger partial charge in [0.2, 0.25) is 11.8 Å². The van der Waals surface area contributed by atoms with Gasteiger partial charge in [-0.3, -0.25) is 14.5 Å². The van der Waals surface area contributed by atoms with Crippen molar-refractivity contribution in [3.8, 4) is 0 Å². The molecule has 0 N–H and O–H groups in total. The van der Waals surface area contributed by atoms with Gasteiger partial charge in [0.1, 0.15) is 0 Å². The molecule has 0 spiro atoms. The maximum atomic E-state index is 12.4. The number of amides is 2. The molecule has 0 aromatic rings. The number of carbonyl (C=O) groups excluding carboxylic acids is 3. The van der Waals surface area contributed by atoms with E-state index in [2.05, 4.69) is 6.92 Å². The highest BCUT2D eigenvalue weighted by atomic mass is 32.2. The first-order chi connectivity index (χ1) is 10.4. The van der Waals surface area contributed by atoms with Crippen LogP contribution in [0.15, 0.2) is 0 Å². The molecule has 1 fully saturated rings. The van der Waals surface area contributed by atoms with Crippen LogP contribution >= 0.6 is 11.8 Å². The summed E-state index contributed by atoms with van der Waals surface area (Å²) in [5, 5.41) is -0.291. The van der Waals surface area contributed by atoms with Crippen LogP contribution in [0.25, 0.3) is 0 Å².